The highest BCUT2D eigenvalue weighted by Gasteiger charge is 2.31. The van der Waals surface area contributed by atoms with E-state index in [-0.39, 0.29) is 30.2 Å². The molecule has 0 bridgehead atoms. The molecule has 0 aromatic heterocycles. The lowest BCUT2D eigenvalue weighted by Crippen LogP contribution is -2.52. The minimum atomic E-state index is -0.718. The zero-order valence-corrected chi connectivity index (χ0v) is 22.6. The molecule has 0 heterocycles. The third kappa shape index (κ3) is 8.46. The van der Waals surface area contributed by atoms with E-state index in [9.17, 15) is 9.59 Å². The lowest BCUT2D eigenvalue weighted by molar-refractivity contribution is -0.139. The highest BCUT2D eigenvalue weighted by Crippen LogP contribution is 2.26. The normalized spacial score (nSPS) is 11.8. The van der Waals surface area contributed by atoms with Gasteiger partial charge in [0, 0.05) is 39.0 Å². The molecule has 1 atom stereocenters. The van der Waals surface area contributed by atoms with Gasteiger partial charge in [-0.15, -0.1) is 11.8 Å². The van der Waals surface area contributed by atoms with Gasteiger partial charge in [-0.3, -0.25) is 9.59 Å². The minimum Gasteiger partial charge on any atom is -0.352 e. The number of benzene rings is 3. The largest absolute Gasteiger partial charge is 0.352 e. The molecule has 0 fully saturated rings. The van der Waals surface area contributed by atoms with E-state index >= 15 is 0 Å². The van der Waals surface area contributed by atoms with E-state index in [0.717, 1.165) is 16.0 Å². The van der Waals surface area contributed by atoms with Gasteiger partial charge in [-0.1, -0.05) is 71.2 Å². The summed E-state index contributed by atoms with van der Waals surface area (Å²) >= 11 is 19.9. The van der Waals surface area contributed by atoms with Gasteiger partial charge in [-0.05, 0) is 61.4 Å². The van der Waals surface area contributed by atoms with Crippen LogP contribution in [0.4, 0.5) is 0 Å². The molecule has 2 amide bonds. The summed E-state index contributed by atoms with van der Waals surface area (Å²) in [5.41, 5.74) is 1.68. The molecule has 3 aromatic rings. The zero-order valence-electron chi connectivity index (χ0n) is 19.5. The second-order valence-electron chi connectivity index (χ2n) is 8.37. The first kappa shape index (κ1) is 27.4. The second-order valence-corrected chi connectivity index (χ2v) is 10.7. The molecule has 0 spiro atoms. The Kier molecular flexibility index (Phi) is 10.4. The summed E-state index contributed by atoms with van der Waals surface area (Å²) in [5.74, 6) is -0.220. The van der Waals surface area contributed by atoms with Crippen molar-refractivity contribution in [3.63, 3.8) is 0 Å². The Balaban J connectivity index is 1.93. The van der Waals surface area contributed by atoms with Crippen molar-refractivity contribution in [2.45, 2.75) is 43.8 Å². The van der Waals surface area contributed by atoms with Gasteiger partial charge in [0.25, 0.3) is 0 Å². The Hall–Kier alpha value is -2.18. The van der Waals surface area contributed by atoms with Crippen LogP contribution in [-0.2, 0) is 22.6 Å². The fourth-order valence-corrected chi connectivity index (χ4v) is 4.91. The van der Waals surface area contributed by atoms with Crippen LogP contribution in [0.1, 0.15) is 25.0 Å². The van der Waals surface area contributed by atoms with E-state index in [4.69, 9.17) is 34.8 Å². The molecule has 0 aliphatic heterocycles. The SMILES string of the molecule is CC(C)NC(=O)[C@H](Cc1ccccc1)N(Cc1ccc(Cl)cc1Cl)C(=O)CSc1ccc(Cl)cc1. The first-order valence-corrected chi connectivity index (χ1v) is 13.3. The van der Waals surface area contributed by atoms with Gasteiger partial charge in [0.1, 0.15) is 6.04 Å². The van der Waals surface area contributed by atoms with Crippen molar-refractivity contribution in [2.24, 2.45) is 0 Å². The average Bonchev–Trinajstić information content (AvgIpc) is 2.82. The van der Waals surface area contributed by atoms with Crippen molar-refractivity contribution in [3.05, 3.63) is 99.0 Å². The van der Waals surface area contributed by atoms with E-state index in [1.165, 1.54) is 11.8 Å². The summed E-state index contributed by atoms with van der Waals surface area (Å²) in [6.45, 7) is 3.98. The summed E-state index contributed by atoms with van der Waals surface area (Å²) in [4.78, 5) is 29.5. The molecule has 35 heavy (non-hydrogen) atoms. The van der Waals surface area contributed by atoms with Crippen molar-refractivity contribution in [1.82, 2.24) is 10.2 Å². The molecule has 0 radical (unpaired) electrons. The van der Waals surface area contributed by atoms with E-state index in [0.29, 0.717) is 21.5 Å². The van der Waals surface area contributed by atoms with Crippen LogP contribution in [-0.4, -0.2) is 34.6 Å². The standard InChI is InChI=1S/C27H27Cl3N2O2S/c1-18(2)31-27(34)25(14-19-6-4-3-5-7-19)32(16-20-8-9-22(29)15-24(20)30)26(33)17-35-23-12-10-21(28)11-13-23/h3-13,15,18,25H,14,16-17H2,1-2H3,(H,31,34)/t25-/m0/s1. The van der Waals surface area contributed by atoms with Crippen LogP contribution >= 0.6 is 46.6 Å². The van der Waals surface area contributed by atoms with Crippen LogP contribution < -0.4 is 5.32 Å². The minimum absolute atomic E-state index is 0.0692. The molecule has 4 nitrogen and oxygen atoms in total. The van der Waals surface area contributed by atoms with E-state index in [1.807, 2.05) is 56.3 Å². The predicted octanol–water partition coefficient (Wildman–Crippen LogP) is 6.90. The molecule has 8 heteroatoms. The summed E-state index contributed by atoms with van der Waals surface area (Å²) in [6, 6.07) is 21.4. The highest BCUT2D eigenvalue weighted by atomic mass is 35.5. The van der Waals surface area contributed by atoms with Crippen molar-refractivity contribution in [1.29, 1.82) is 0 Å². The van der Waals surface area contributed by atoms with Gasteiger partial charge in [0.05, 0.1) is 5.75 Å². The lowest BCUT2D eigenvalue weighted by atomic mass is 10.0. The van der Waals surface area contributed by atoms with E-state index in [1.54, 1.807) is 35.2 Å². The summed E-state index contributed by atoms with van der Waals surface area (Å²) < 4.78 is 0. The maximum atomic E-state index is 13.6. The molecule has 0 aliphatic carbocycles. The Morgan fingerprint density at radius 1 is 0.914 bits per heavy atom. The number of carbonyl (C=O) groups is 2. The Morgan fingerprint density at radius 3 is 2.20 bits per heavy atom. The molecule has 0 saturated heterocycles. The number of thioether (sulfide) groups is 1. The highest BCUT2D eigenvalue weighted by molar-refractivity contribution is 8.00. The van der Waals surface area contributed by atoms with Crippen LogP contribution in [0.15, 0.2) is 77.7 Å². The molecule has 3 rings (SSSR count). The van der Waals surface area contributed by atoms with Crippen LogP contribution in [0.5, 0.6) is 0 Å². The third-order valence-corrected chi connectivity index (χ3v) is 7.07. The summed E-state index contributed by atoms with van der Waals surface area (Å²) in [7, 11) is 0. The van der Waals surface area contributed by atoms with Gasteiger partial charge in [-0.25, -0.2) is 0 Å². The van der Waals surface area contributed by atoms with Crippen molar-refractivity contribution in [2.75, 3.05) is 5.75 Å². The lowest BCUT2D eigenvalue weighted by Gasteiger charge is -2.32. The van der Waals surface area contributed by atoms with E-state index in [2.05, 4.69) is 5.32 Å². The number of halogens is 3. The van der Waals surface area contributed by atoms with Gasteiger partial charge in [0.15, 0.2) is 0 Å². The summed E-state index contributed by atoms with van der Waals surface area (Å²) in [6.07, 6.45) is 0.377. The number of hydrogen-bond donors (Lipinski definition) is 1. The molecule has 0 aliphatic rings. The molecule has 0 unspecified atom stereocenters. The summed E-state index contributed by atoms with van der Waals surface area (Å²) in [5, 5.41) is 4.57. The number of nitrogens with one attached hydrogen (secondary N) is 1. The van der Waals surface area contributed by atoms with Gasteiger partial charge in [0.2, 0.25) is 11.8 Å². The molecular weight excluding hydrogens is 523 g/mol. The Labute approximate surface area is 225 Å². The molecule has 1 N–H and O–H groups in total. The quantitative estimate of drug-likeness (QED) is 0.280. The molecule has 3 aromatic carbocycles. The predicted molar refractivity (Wildman–Crippen MR) is 146 cm³/mol. The van der Waals surface area contributed by atoms with Crippen LogP contribution in [0.3, 0.4) is 0 Å². The average molecular weight is 550 g/mol. The number of nitrogens with zero attached hydrogens (tertiary/aromatic N) is 1. The van der Waals surface area contributed by atoms with Gasteiger partial charge in [-0.2, -0.15) is 0 Å². The van der Waals surface area contributed by atoms with Gasteiger partial charge >= 0.3 is 0 Å². The topological polar surface area (TPSA) is 49.4 Å². The van der Waals surface area contributed by atoms with Crippen LogP contribution in [0.25, 0.3) is 0 Å². The molecule has 184 valence electrons. The van der Waals surface area contributed by atoms with Crippen molar-refractivity contribution in [3.8, 4) is 0 Å². The number of carbonyl (C=O) groups excluding carboxylic acids is 2. The zero-order chi connectivity index (χ0) is 25.4. The number of rotatable bonds is 10. The van der Waals surface area contributed by atoms with Crippen molar-refractivity contribution < 1.29 is 9.59 Å². The third-order valence-electron chi connectivity index (χ3n) is 5.23. The van der Waals surface area contributed by atoms with Crippen LogP contribution in [0, 0.1) is 0 Å². The first-order chi connectivity index (χ1) is 16.7. The van der Waals surface area contributed by atoms with Crippen molar-refractivity contribution >= 4 is 58.4 Å². The maximum absolute atomic E-state index is 13.6. The number of hydrogen-bond acceptors (Lipinski definition) is 3. The Bertz CT molecular complexity index is 1140. The first-order valence-electron chi connectivity index (χ1n) is 11.2. The molecule has 0 saturated carbocycles. The van der Waals surface area contributed by atoms with E-state index < -0.39 is 6.04 Å². The Morgan fingerprint density at radius 2 is 1.57 bits per heavy atom. The second kappa shape index (κ2) is 13.2. The number of amides is 2. The van der Waals surface area contributed by atoms with Crippen LogP contribution in [0.2, 0.25) is 15.1 Å². The smallest absolute Gasteiger partial charge is 0.243 e. The fourth-order valence-electron chi connectivity index (χ4n) is 3.53. The fraction of sp³-hybridized carbons (Fsp3) is 0.259. The monoisotopic (exact) mass is 548 g/mol. The molecular formula is C27H27Cl3N2O2S. The maximum Gasteiger partial charge on any atom is 0.243 e. The van der Waals surface area contributed by atoms with Gasteiger partial charge < -0.3 is 10.2 Å².